The lowest BCUT2D eigenvalue weighted by molar-refractivity contribution is 0.174. The average Bonchev–Trinajstić information content (AvgIpc) is 2.83. The first-order chi connectivity index (χ1) is 9.06. The van der Waals surface area contributed by atoms with Crippen LogP contribution in [0.25, 0.3) is 0 Å². The van der Waals surface area contributed by atoms with Crippen LogP contribution in [0.4, 0.5) is 0 Å². The Morgan fingerprint density at radius 3 is 2.79 bits per heavy atom. The summed E-state index contributed by atoms with van der Waals surface area (Å²) in [4.78, 5) is 0. The number of rotatable bonds is 6. The minimum atomic E-state index is -0.867. The normalized spacial score (nSPS) is 16.6. The number of nitrogens with two attached hydrogens (primary N) is 1. The van der Waals surface area contributed by atoms with Gasteiger partial charge in [0.15, 0.2) is 11.5 Å². The van der Waals surface area contributed by atoms with Gasteiger partial charge in [-0.05, 0) is 30.0 Å². The highest BCUT2D eigenvalue weighted by atomic mass is 32.2. The van der Waals surface area contributed by atoms with Crippen LogP contribution < -0.4 is 15.2 Å². The maximum absolute atomic E-state index is 11.9. The molecule has 0 aliphatic carbocycles. The Morgan fingerprint density at radius 2 is 2.05 bits per heavy atom. The Balaban J connectivity index is 1.92. The van der Waals surface area contributed by atoms with Crippen molar-refractivity contribution in [2.45, 2.75) is 26.3 Å². The Bertz CT molecular complexity index is 462. The minimum absolute atomic E-state index is 0.220. The molecule has 1 aliphatic rings. The molecule has 1 heterocycles. The summed E-state index contributed by atoms with van der Waals surface area (Å²) in [5.74, 6) is 3.26. The first kappa shape index (κ1) is 14.3. The van der Waals surface area contributed by atoms with Gasteiger partial charge in [0.05, 0.1) is 0 Å². The largest absolute Gasteiger partial charge is 0.454 e. The Morgan fingerprint density at radius 1 is 1.32 bits per heavy atom. The molecular formula is C14H21NO3S. The maximum Gasteiger partial charge on any atom is 0.231 e. The van der Waals surface area contributed by atoms with Crippen molar-refractivity contribution in [3.8, 4) is 11.5 Å². The summed E-state index contributed by atoms with van der Waals surface area (Å²) in [5.41, 5.74) is 7.05. The van der Waals surface area contributed by atoms with Crippen molar-refractivity contribution in [3.63, 3.8) is 0 Å². The first-order valence-corrected chi connectivity index (χ1v) is 8.05. The Kier molecular flexibility index (Phi) is 4.82. The lowest BCUT2D eigenvalue weighted by atomic mass is 10.1. The summed E-state index contributed by atoms with van der Waals surface area (Å²) in [5, 5.41) is 0. The van der Waals surface area contributed by atoms with Gasteiger partial charge >= 0.3 is 0 Å². The van der Waals surface area contributed by atoms with Crippen LogP contribution in [0.2, 0.25) is 0 Å². The molecule has 0 amide bonds. The van der Waals surface area contributed by atoms with Crippen LogP contribution in [0.15, 0.2) is 18.2 Å². The van der Waals surface area contributed by atoms with Crippen LogP contribution in [0.5, 0.6) is 11.5 Å². The van der Waals surface area contributed by atoms with Gasteiger partial charge in [-0.3, -0.25) is 4.21 Å². The molecule has 0 spiro atoms. The van der Waals surface area contributed by atoms with Crippen LogP contribution in [-0.4, -0.2) is 22.5 Å². The Labute approximate surface area is 116 Å². The maximum atomic E-state index is 11.9. The third-order valence-electron chi connectivity index (χ3n) is 3.11. The van der Waals surface area contributed by atoms with Crippen LogP contribution in [0.1, 0.15) is 31.9 Å². The molecule has 106 valence electrons. The zero-order valence-electron chi connectivity index (χ0n) is 11.4. The monoisotopic (exact) mass is 283 g/mol. The molecular weight excluding hydrogens is 262 g/mol. The molecule has 2 N–H and O–H groups in total. The van der Waals surface area contributed by atoms with E-state index in [1.54, 1.807) is 0 Å². The molecule has 0 aromatic heterocycles. The van der Waals surface area contributed by atoms with Gasteiger partial charge in [-0.1, -0.05) is 19.9 Å². The lowest BCUT2D eigenvalue weighted by Crippen LogP contribution is -2.20. The summed E-state index contributed by atoms with van der Waals surface area (Å²) in [7, 11) is -0.867. The van der Waals surface area contributed by atoms with Crippen molar-refractivity contribution in [2.75, 3.05) is 18.3 Å². The van der Waals surface area contributed by atoms with E-state index in [0.717, 1.165) is 29.2 Å². The predicted molar refractivity (Wildman–Crippen MR) is 76.8 cm³/mol. The summed E-state index contributed by atoms with van der Waals surface area (Å²) in [6, 6.07) is 5.43. The highest BCUT2D eigenvalue weighted by Crippen LogP contribution is 2.33. The van der Waals surface area contributed by atoms with Crippen LogP contribution >= 0.6 is 0 Å². The molecule has 0 fully saturated rings. The molecule has 2 unspecified atom stereocenters. The van der Waals surface area contributed by atoms with E-state index in [2.05, 4.69) is 13.8 Å². The van der Waals surface area contributed by atoms with E-state index >= 15 is 0 Å². The predicted octanol–water partition coefficient (Wildman–Crippen LogP) is 2.21. The van der Waals surface area contributed by atoms with Gasteiger partial charge in [-0.15, -0.1) is 0 Å². The van der Waals surface area contributed by atoms with E-state index in [4.69, 9.17) is 15.2 Å². The van der Waals surface area contributed by atoms with Gasteiger partial charge < -0.3 is 15.2 Å². The van der Waals surface area contributed by atoms with E-state index < -0.39 is 10.8 Å². The van der Waals surface area contributed by atoms with Gasteiger partial charge in [0.2, 0.25) is 6.79 Å². The third-order valence-corrected chi connectivity index (χ3v) is 4.54. The van der Waals surface area contributed by atoms with E-state index in [1.807, 2.05) is 18.2 Å². The number of ether oxygens (including phenoxy) is 2. The zero-order chi connectivity index (χ0) is 13.8. The number of hydrogen-bond acceptors (Lipinski definition) is 4. The molecule has 1 aliphatic heterocycles. The van der Waals surface area contributed by atoms with Gasteiger partial charge in [0.25, 0.3) is 0 Å². The van der Waals surface area contributed by atoms with E-state index in [-0.39, 0.29) is 12.8 Å². The summed E-state index contributed by atoms with van der Waals surface area (Å²) in [6.07, 6.45) is 0.973. The van der Waals surface area contributed by atoms with E-state index in [1.165, 1.54) is 0 Å². The topological polar surface area (TPSA) is 61.6 Å². The fourth-order valence-electron chi connectivity index (χ4n) is 1.89. The number of fused-ring (bicyclic) bond motifs is 1. The molecule has 2 rings (SSSR count). The van der Waals surface area contributed by atoms with Crippen LogP contribution in [0, 0.1) is 5.92 Å². The molecule has 5 heteroatoms. The van der Waals surface area contributed by atoms with Crippen LogP contribution in [0.3, 0.4) is 0 Å². The zero-order valence-corrected chi connectivity index (χ0v) is 12.2. The van der Waals surface area contributed by atoms with Gasteiger partial charge in [-0.2, -0.15) is 0 Å². The highest BCUT2D eigenvalue weighted by molar-refractivity contribution is 7.85. The van der Waals surface area contributed by atoms with Crippen molar-refractivity contribution in [2.24, 2.45) is 11.7 Å². The second-order valence-electron chi connectivity index (χ2n) is 5.21. The number of benzene rings is 1. The molecule has 2 atom stereocenters. The first-order valence-electron chi connectivity index (χ1n) is 6.56. The van der Waals surface area contributed by atoms with Crippen molar-refractivity contribution >= 4 is 10.8 Å². The fourth-order valence-corrected chi connectivity index (χ4v) is 3.38. The summed E-state index contributed by atoms with van der Waals surface area (Å²) < 4.78 is 22.5. The van der Waals surface area contributed by atoms with Gasteiger partial charge in [0.1, 0.15) is 0 Å². The molecule has 0 saturated heterocycles. The Hall–Kier alpha value is -1.07. The van der Waals surface area contributed by atoms with Crippen LogP contribution in [-0.2, 0) is 10.8 Å². The van der Waals surface area contributed by atoms with Gasteiger partial charge in [0, 0.05) is 28.3 Å². The average molecular weight is 283 g/mol. The molecule has 19 heavy (non-hydrogen) atoms. The quantitative estimate of drug-likeness (QED) is 0.869. The molecule has 4 nitrogen and oxygen atoms in total. The SMILES string of the molecule is CC(C)CCS(=O)CC(N)c1ccc2c(c1)OCO2. The van der Waals surface area contributed by atoms with Crippen molar-refractivity contribution in [3.05, 3.63) is 23.8 Å². The standard InChI is InChI=1S/C14H21NO3S/c1-10(2)5-6-19(16)8-12(15)11-3-4-13-14(7-11)18-9-17-13/h3-4,7,10,12H,5-6,8-9,15H2,1-2H3. The van der Waals surface area contributed by atoms with Crippen molar-refractivity contribution in [1.82, 2.24) is 0 Å². The molecule has 0 saturated carbocycles. The fraction of sp³-hybridized carbons (Fsp3) is 0.571. The third kappa shape index (κ3) is 3.94. The van der Waals surface area contributed by atoms with E-state index in [0.29, 0.717) is 11.7 Å². The molecule has 1 aromatic rings. The summed E-state index contributed by atoms with van der Waals surface area (Å²) >= 11 is 0. The smallest absolute Gasteiger partial charge is 0.231 e. The number of hydrogen-bond donors (Lipinski definition) is 1. The molecule has 0 radical (unpaired) electrons. The second kappa shape index (κ2) is 6.39. The second-order valence-corrected chi connectivity index (χ2v) is 6.83. The summed E-state index contributed by atoms with van der Waals surface area (Å²) in [6.45, 7) is 4.53. The highest BCUT2D eigenvalue weighted by Gasteiger charge is 2.17. The molecule has 1 aromatic carbocycles. The van der Waals surface area contributed by atoms with Crippen molar-refractivity contribution in [1.29, 1.82) is 0 Å². The van der Waals surface area contributed by atoms with Crippen molar-refractivity contribution < 1.29 is 13.7 Å². The van der Waals surface area contributed by atoms with E-state index in [9.17, 15) is 4.21 Å². The molecule has 0 bridgehead atoms. The van der Waals surface area contributed by atoms with Gasteiger partial charge in [-0.25, -0.2) is 0 Å². The lowest BCUT2D eigenvalue weighted by Gasteiger charge is -2.13. The minimum Gasteiger partial charge on any atom is -0.454 e.